The van der Waals surface area contributed by atoms with Crippen LogP contribution in [0, 0.1) is 5.82 Å². The monoisotopic (exact) mass is 506 g/mol. The quantitative estimate of drug-likeness (QED) is 0.361. The number of carbonyl (C=O) groups excluding carboxylic acids is 3. The lowest BCUT2D eigenvalue weighted by Crippen LogP contribution is -2.24. The van der Waals surface area contributed by atoms with Gasteiger partial charge in [0.1, 0.15) is 23.0 Å². The second kappa shape index (κ2) is 10.3. The van der Waals surface area contributed by atoms with Crippen molar-refractivity contribution in [3.63, 3.8) is 0 Å². The highest BCUT2D eigenvalue weighted by atomic mass is 35.5. The Balaban J connectivity index is 1.84. The molecule has 0 aliphatic carbocycles. The van der Waals surface area contributed by atoms with Gasteiger partial charge >= 0.3 is 0 Å². The second-order valence-corrected chi connectivity index (χ2v) is 8.86. The summed E-state index contributed by atoms with van der Waals surface area (Å²) >= 11 is 6.39. The average molecular weight is 507 g/mol. The highest BCUT2D eigenvalue weighted by Crippen LogP contribution is 2.37. The van der Waals surface area contributed by atoms with Crippen LogP contribution in [-0.4, -0.2) is 34.2 Å². The van der Waals surface area contributed by atoms with Crippen molar-refractivity contribution < 1.29 is 18.8 Å². The van der Waals surface area contributed by atoms with Crippen LogP contribution < -0.4 is 10.6 Å². The number of hydrogen-bond acceptors (Lipinski definition) is 4. The van der Waals surface area contributed by atoms with Crippen LogP contribution in [0.2, 0.25) is 5.02 Å². The number of hydrogen-bond donors (Lipinski definition) is 2. The molecule has 36 heavy (non-hydrogen) atoms. The summed E-state index contributed by atoms with van der Waals surface area (Å²) in [5, 5.41) is 7.44. The predicted molar refractivity (Wildman–Crippen MR) is 137 cm³/mol. The zero-order chi connectivity index (χ0) is 26.0. The molecule has 2 N–H and O–H groups in total. The number of halogens is 2. The van der Waals surface area contributed by atoms with Crippen molar-refractivity contribution in [3.8, 4) is 0 Å². The minimum absolute atomic E-state index is 0.126. The molecule has 7 nitrogen and oxygen atoms in total. The lowest BCUT2D eigenvalue weighted by Gasteiger charge is -2.20. The summed E-state index contributed by atoms with van der Waals surface area (Å²) in [4.78, 5) is 42.4. The third-order valence-corrected chi connectivity index (χ3v) is 6.27. The average Bonchev–Trinajstić information content (AvgIpc) is 3.20. The summed E-state index contributed by atoms with van der Waals surface area (Å²) in [7, 11) is 1.47. The highest BCUT2D eigenvalue weighted by molar-refractivity contribution is 6.31. The first-order valence-electron chi connectivity index (χ1n) is 11.3. The first-order valence-corrected chi connectivity index (χ1v) is 11.6. The molecule has 0 unspecified atom stereocenters. The van der Waals surface area contributed by atoms with Gasteiger partial charge in [0.25, 0.3) is 11.8 Å². The van der Waals surface area contributed by atoms with Crippen LogP contribution in [0.15, 0.2) is 60.8 Å². The molecule has 0 aliphatic heterocycles. The third-order valence-electron chi connectivity index (χ3n) is 5.93. The van der Waals surface area contributed by atoms with Crippen molar-refractivity contribution in [2.75, 3.05) is 12.4 Å². The summed E-state index contributed by atoms with van der Waals surface area (Å²) in [5.41, 5.74) is 1.52. The van der Waals surface area contributed by atoms with Crippen molar-refractivity contribution in [2.45, 2.75) is 26.3 Å². The minimum atomic E-state index is -0.578. The number of Topliss-reactive ketones (excluding diaryl/α,β-unsaturated/α-hetero) is 1. The Kier molecular flexibility index (Phi) is 7.17. The molecule has 0 saturated heterocycles. The Morgan fingerprint density at radius 1 is 1.06 bits per heavy atom. The van der Waals surface area contributed by atoms with Gasteiger partial charge in [0.2, 0.25) is 0 Å². The molecule has 2 amide bonds. The fourth-order valence-corrected chi connectivity index (χ4v) is 4.51. The van der Waals surface area contributed by atoms with E-state index in [0.717, 1.165) is 10.8 Å². The number of aromatic nitrogens is 2. The molecule has 2 aromatic heterocycles. The maximum absolute atomic E-state index is 14.1. The molecule has 0 radical (unpaired) electrons. The number of nitrogens with zero attached hydrogens (tertiary/aromatic N) is 2. The predicted octanol–water partition coefficient (Wildman–Crippen LogP) is 5.18. The Bertz CT molecular complexity index is 1500. The van der Waals surface area contributed by atoms with Crippen molar-refractivity contribution in [1.82, 2.24) is 14.9 Å². The van der Waals surface area contributed by atoms with E-state index in [4.69, 9.17) is 11.6 Å². The molecule has 0 bridgehead atoms. The number of carbonyl (C=O) groups is 3. The van der Waals surface area contributed by atoms with Crippen molar-refractivity contribution in [1.29, 1.82) is 0 Å². The van der Waals surface area contributed by atoms with Crippen molar-refractivity contribution in [3.05, 3.63) is 94.3 Å². The minimum Gasteiger partial charge on any atom is -0.354 e. The maximum atomic E-state index is 14.1. The number of anilines is 1. The molecule has 1 atom stereocenters. The largest absolute Gasteiger partial charge is 0.354 e. The number of fused-ring (bicyclic) bond motifs is 1. The molecule has 0 spiro atoms. The highest BCUT2D eigenvalue weighted by Gasteiger charge is 2.27. The molecule has 0 aliphatic rings. The zero-order valence-electron chi connectivity index (χ0n) is 19.9. The standard InChI is InChI=1S/C27H24ClFN4O3/c1-15(34)14-33-24(27(36)30-3)12-22(25(33)16(2)20-11-19(29)8-9-21(20)28)32-26(35)23-10-17-6-4-5-7-18(17)13-31-23/h4-13,16H,14H2,1-3H3,(H,30,36)(H,32,35)/t16-/m1/s1. The van der Waals surface area contributed by atoms with Gasteiger partial charge in [0.05, 0.1) is 12.2 Å². The first kappa shape index (κ1) is 25.1. The lowest BCUT2D eigenvalue weighted by atomic mass is 9.96. The Labute approximate surface area is 212 Å². The number of pyridine rings is 1. The molecule has 0 fully saturated rings. The van der Waals surface area contributed by atoms with Gasteiger partial charge in [-0.2, -0.15) is 0 Å². The van der Waals surface area contributed by atoms with Crippen LogP contribution in [0.25, 0.3) is 10.8 Å². The SMILES string of the molecule is CNC(=O)c1cc(NC(=O)c2cc3ccccc3cn2)c([C@H](C)c2cc(F)ccc2Cl)n1CC(C)=O. The summed E-state index contributed by atoms with van der Waals surface area (Å²) in [6.45, 7) is 3.04. The molecule has 2 heterocycles. The van der Waals surface area contributed by atoms with E-state index in [1.165, 1.54) is 42.8 Å². The van der Waals surface area contributed by atoms with E-state index in [1.807, 2.05) is 24.3 Å². The van der Waals surface area contributed by atoms with E-state index in [-0.39, 0.29) is 23.7 Å². The van der Waals surface area contributed by atoms with Crippen molar-refractivity contribution >= 4 is 45.7 Å². The van der Waals surface area contributed by atoms with Crippen LogP contribution in [-0.2, 0) is 11.3 Å². The van der Waals surface area contributed by atoms with E-state index >= 15 is 0 Å². The molecule has 2 aromatic carbocycles. The van der Waals surface area contributed by atoms with Gasteiger partial charge in [-0.05, 0) is 48.2 Å². The van der Waals surface area contributed by atoms with Gasteiger partial charge in [-0.1, -0.05) is 42.8 Å². The van der Waals surface area contributed by atoms with Crippen LogP contribution in [0.4, 0.5) is 10.1 Å². The van der Waals surface area contributed by atoms with Crippen LogP contribution in [0.5, 0.6) is 0 Å². The van der Waals surface area contributed by atoms with Gasteiger partial charge < -0.3 is 15.2 Å². The summed E-state index contributed by atoms with van der Waals surface area (Å²) in [6, 6.07) is 14.7. The first-order chi connectivity index (χ1) is 17.2. The fraction of sp³-hybridized carbons (Fsp3) is 0.185. The maximum Gasteiger partial charge on any atom is 0.274 e. The third kappa shape index (κ3) is 4.99. The Morgan fingerprint density at radius 3 is 2.47 bits per heavy atom. The molecule has 9 heteroatoms. The zero-order valence-corrected chi connectivity index (χ0v) is 20.7. The van der Waals surface area contributed by atoms with E-state index in [0.29, 0.717) is 22.0 Å². The summed E-state index contributed by atoms with van der Waals surface area (Å²) in [6.07, 6.45) is 1.61. The smallest absolute Gasteiger partial charge is 0.274 e. The van der Waals surface area contributed by atoms with Crippen LogP contribution in [0.3, 0.4) is 0 Å². The van der Waals surface area contributed by atoms with E-state index < -0.39 is 23.5 Å². The number of benzene rings is 2. The van der Waals surface area contributed by atoms with Gasteiger partial charge in [-0.15, -0.1) is 0 Å². The normalized spacial score (nSPS) is 11.8. The molecule has 4 aromatic rings. The van der Waals surface area contributed by atoms with E-state index in [2.05, 4.69) is 15.6 Å². The topological polar surface area (TPSA) is 93.1 Å². The second-order valence-electron chi connectivity index (χ2n) is 8.45. The van der Waals surface area contributed by atoms with Crippen LogP contribution >= 0.6 is 11.6 Å². The number of rotatable bonds is 7. The van der Waals surface area contributed by atoms with Gasteiger partial charge in [0, 0.05) is 35.3 Å². The molecule has 4 rings (SSSR count). The van der Waals surface area contributed by atoms with Crippen molar-refractivity contribution in [2.24, 2.45) is 0 Å². The number of nitrogens with one attached hydrogen (secondary N) is 2. The summed E-state index contributed by atoms with van der Waals surface area (Å²) < 4.78 is 15.6. The molecule has 184 valence electrons. The molecule has 0 saturated carbocycles. The molecular weight excluding hydrogens is 483 g/mol. The van der Waals surface area contributed by atoms with Crippen LogP contribution in [0.1, 0.15) is 52.0 Å². The number of amides is 2. The van der Waals surface area contributed by atoms with Gasteiger partial charge in [0.15, 0.2) is 0 Å². The van der Waals surface area contributed by atoms with E-state index in [9.17, 15) is 18.8 Å². The molecular formula is C27H24ClFN4O3. The summed E-state index contributed by atoms with van der Waals surface area (Å²) in [5.74, 6) is -2.21. The van der Waals surface area contributed by atoms with E-state index in [1.54, 1.807) is 19.2 Å². The number of ketones is 1. The van der Waals surface area contributed by atoms with Gasteiger partial charge in [-0.25, -0.2) is 4.39 Å². The Morgan fingerprint density at radius 2 is 1.78 bits per heavy atom. The Hall–Kier alpha value is -4.04. The fourth-order valence-electron chi connectivity index (χ4n) is 4.23. The van der Waals surface area contributed by atoms with Gasteiger partial charge in [-0.3, -0.25) is 19.4 Å². The lowest BCUT2D eigenvalue weighted by molar-refractivity contribution is -0.117.